The number of carbonyl (C=O) groups excluding carboxylic acids is 1. The van der Waals surface area contributed by atoms with Gasteiger partial charge in [0.25, 0.3) is 0 Å². The summed E-state index contributed by atoms with van der Waals surface area (Å²) >= 11 is 0. The van der Waals surface area contributed by atoms with Gasteiger partial charge in [0, 0.05) is 31.4 Å². The molecule has 0 spiro atoms. The van der Waals surface area contributed by atoms with Crippen molar-refractivity contribution in [3.05, 3.63) is 30.6 Å². The number of nitrogens with zero attached hydrogens (tertiary/aromatic N) is 5. The fourth-order valence-corrected chi connectivity index (χ4v) is 2.41. The molecule has 0 fully saturated rings. The summed E-state index contributed by atoms with van der Waals surface area (Å²) in [5, 5.41) is 23.5. The molecule has 9 nitrogen and oxygen atoms in total. The molecule has 0 unspecified atom stereocenters. The summed E-state index contributed by atoms with van der Waals surface area (Å²) in [6.07, 6.45) is 1.97. The van der Waals surface area contributed by atoms with Gasteiger partial charge in [0.05, 0.1) is 25.0 Å². The summed E-state index contributed by atoms with van der Waals surface area (Å²) in [5.74, 6) is 0.759. The highest BCUT2D eigenvalue weighted by molar-refractivity contribution is 5.89. The second-order valence-corrected chi connectivity index (χ2v) is 5.65. The molecule has 0 radical (unpaired) electrons. The Morgan fingerprint density at radius 1 is 1.11 bits per heavy atom. The van der Waals surface area contributed by atoms with Gasteiger partial charge in [0.2, 0.25) is 5.91 Å². The number of hydrogen-bond donors (Lipinski definition) is 3. The van der Waals surface area contributed by atoms with E-state index in [2.05, 4.69) is 32.7 Å². The minimum absolute atomic E-state index is 0.143. The maximum atomic E-state index is 11.1. The maximum absolute atomic E-state index is 11.1. The van der Waals surface area contributed by atoms with E-state index >= 15 is 0 Å². The summed E-state index contributed by atoms with van der Waals surface area (Å²) in [4.78, 5) is 21.3. The molecular formula is C18H20N8O. The molecule has 1 aromatic carbocycles. The molecule has 0 saturated carbocycles. The smallest absolute Gasteiger partial charge is 0.221 e. The van der Waals surface area contributed by atoms with Crippen LogP contribution in [0.15, 0.2) is 30.6 Å². The molecule has 0 saturated heterocycles. The van der Waals surface area contributed by atoms with Gasteiger partial charge in [-0.05, 0) is 24.3 Å². The summed E-state index contributed by atoms with van der Waals surface area (Å²) in [5.41, 5.74) is 7.97. The van der Waals surface area contributed by atoms with Crippen molar-refractivity contribution in [1.82, 2.24) is 9.97 Å². The average molecular weight is 364 g/mol. The number of rotatable bonds is 8. The van der Waals surface area contributed by atoms with Crippen LogP contribution in [0.2, 0.25) is 0 Å². The lowest BCUT2D eigenvalue weighted by Crippen LogP contribution is -2.27. The minimum Gasteiger partial charge on any atom is -0.393 e. The first kappa shape index (κ1) is 19.5. The summed E-state index contributed by atoms with van der Waals surface area (Å²) in [6.45, 7) is 2.29. The molecule has 138 valence electrons. The third kappa shape index (κ3) is 5.58. The predicted molar refractivity (Wildman–Crippen MR) is 103 cm³/mol. The van der Waals surface area contributed by atoms with Crippen LogP contribution in [0.5, 0.6) is 0 Å². The zero-order valence-corrected chi connectivity index (χ0v) is 14.9. The number of anilines is 5. The number of benzene rings is 1. The monoisotopic (exact) mass is 364 g/mol. The van der Waals surface area contributed by atoms with Gasteiger partial charge in [0.1, 0.15) is 12.0 Å². The van der Waals surface area contributed by atoms with E-state index in [1.165, 1.54) is 13.3 Å². The maximum Gasteiger partial charge on any atom is 0.221 e. The fraction of sp³-hybridized carbons (Fsp3) is 0.278. The van der Waals surface area contributed by atoms with E-state index in [1.807, 2.05) is 0 Å². The molecule has 2 rings (SSSR count). The van der Waals surface area contributed by atoms with E-state index < -0.39 is 0 Å². The Bertz CT molecular complexity index is 848. The van der Waals surface area contributed by atoms with Crippen LogP contribution >= 0.6 is 0 Å². The zero-order valence-electron chi connectivity index (χ0n) is 14.9. The van der Waals surface area contributed by atoms with Gasteiger partial charge < -0.3 is 21.3 Å². The number of nitrogens with two attached hydrogens (primary N) is 1. The van der Waals surface area contributed by atoms with Crippen LogP contribution in [0.4, 0.5) is 28.7 Å². The van der Waals surface area contributed by atoms with Gasteiger partial charge >= 0.3 is 0 Å². The molecule has 1 heterocycles. The molecule has 1 amide bonds. The Hall–Kier alpha value is -3.85. The molecule has 0 aliphatic carbocycles. The molecule has 4 N–H and O–H groups in total. The fourth-order valence-electron chi connectivity index (χ4n) is 2.41. The van der Waals surface area contributed by atoms with Crippen molar-refractivity contribution in [3.63, 3.8) is 0 Å². The quantitative estimate of drug-likeness (QED) is 0.647. The number of nitrogens with one attached hydrogen (secondary N) is 2. The van der Waals surface area contributed by atoms with Gasteiger partial charge in [0.15, 0.2) is 11.6 Å². The van der Waals surface area contributed by atoms with Crippen molar-refractivity contribution >= 4 is 34.6 Å². The van der Waals surface area contributed by atoms with E-state index in [0.29, 0.717) is 48.9 Å². The molecular weight excluding hydrogens is 344 g/mol. The second-order valence-electron chi connectivity index (χ2n) is 5.65. The molecule has 0 bridgehead atoms. The first-order valence-corrected chi connectivity index (χ1v) is 8.29. The molecule has 0 aliphatic heterocycles. The second kappa shape index (κ2) is 9.59. The van der Waals surface area contributed by atoms with E-state index in [0.717, 1.165) is 5.69 Å². The van der Waals surface area contributed by atoms with E-state index in [-0.39, 0.29) is 5.91 Å². The Kier molecular flexibility index (Phi) is 6.91. The Balaban J connectivity index is 2.21. The van der Waals surface area contributed by atoms with Crippen LogP contribution in [0.1, 0.15) is 19.8 Å². The molecule has 1 aromatic heterocycles. The van der Waals surface area contributed by atoms with Crippen LogP contribution in [0.3, 0.4) is 0 Å². The molecule has 27 heavy (non-hydrogen) atoms. The Morgan fingerprint density at radius 3 is 2.26 bits per heavy atom. The molecule has 0 atom stereocenters. The number of carbonyl (C=O) groups is 1. The van der Waals surface area contributed by atoms with Crippen LogP contribution in [0.25, 0.3) is 0 Å². The van der Waals surface area contributed by atoms with Crippen molar-refractivity contribution in [2.45, 2.75) is 19.8 Å². The highest BCUT2D eigenvalue weighted by atomic mass is 16.1. The van der Waals surface area contributed by atoms with E-state index in [4.69, 9.17) is 16.3 Å². The van der Waals surface area contributed by atoms with Crippen LogP contribution in [-0.2, 0) is 4.79 Å². The van der Waals surface area contributed by atoms with Crippen LogP contribution in [0, 0.1) is 22.7 Å². The van der Waals surface area contributed by atoms with Crippen molar-refractivity contribution in [2.75, 3.05) is 34.4 Å². The molecule has 2 aromatic rings. The average Bonchev–Trinajstić information content (AvgIpc) is 2.65. The number of hydrogen-bond acceptors (Lipinski definition) is 8. The van der Waals surface area contributed by atoms with Crippen molar-refractivity contribution in [3.8, 4) is 12.1 Å². The zero-order chi connectivity index (χ0) is 19.6. The first-order chi connectivity index (χ1) is 13.0. The summed E-state index contributed by atoms with van der Waals surface area (Å²) in [6, 6.07) is 11.3. The SMILES string of the molecule is CC(=O)Nc1ccc(Nc2ncnc(N(CCC#N)CCC#N)c2N)cc1. The van der Waals surface area contributed by atoms with Gasteiger partial charge in [-0.1, -0.05) is 0 Å². The van der Waals surface area contributed by atoms with Gasteiger partial charge in [-0.25, -0.2) is 9.97 Å². The third-order valence-electron chi connectivity index (χ3n) is 3.62. The standard InChI is InChI=1S/C18H20N8O/c1-13(27)24-14-4-6-15(7-5-14)25-17-16(21)18(23-12-22-17)26(10-2-8-19)11-3-9-20/h4-7,12H,2-3,10-11,21H2,1H3,(H,24,27)(H,22,23,25). The van der Waals surface area contributed by atoms with Crippen molar-refractivity contribution < 1.29 is 4.79 Å². The van der Waals surface area contributed by atoms with E-state index in [1.54, 1.807) is 29.2 Å². The highest BCUT2D eigenvalue weighted by Gasteiger charge is 2.15. The topological polar surface area (TPSA) is 144 Å². The van der Waals surface area contributed by atoms with Crippen molar-refractivity contribution in [1.29, 1.82) is 10.5 Å². The predicted octanol–water partition coefficient (Wildman–Crippen LogP) is 2.39. The third-order valence-corrected chi connectivity index (χ3v) is 3.62. The number of nitriles is 2. The Labute approximate surface area is 157 Å². The minimum atomic E-state index is -0.143. The van der Waals surface area contributed by atoms with Crippen LogP contribution in [-0.4, -0.2) is 29.0 Å². The largest absolute Gasteiger partial charge is 0.393 e. The number of amides is 1. The summed E-state index contributed by atoms with van der Waals surface area (Å²) < 4.78 is 0. The van der Waals surface area contributed by atoms with Crippen molar-refractivity contribution in [2.24, 2.45) is 0 Å². The number of nitrogen functional groups attached to an aromatic ring is 1. The van der Waals surface area contributed by atoms with Gasteiger partial charge in [-0.2, -0.15) is 10.5 Å². The normalized spacial score (nSPS) is 9.74. The van der Waals surface area contributed by atoms with Crippen LogP contribution < -0.4 is 21.3 Å². The van der Waals surface area contributed by atoms with Gasteiger partial charge in [-0.3, -0.25) is 4.79 Å². The number of aromatic nitrogens is 2. The lowest BCUT2D eigenvalue weighted by Gasteiger charge is -2.23. The molecule has 9 heteroatoms. The lowest BCUT2D eigenvalue weighted by molar-refractivity contribution is -0.114. The summed E-state index contributed by atoms with van der Waals surface area (Å²) in [7, 11) is 0. The van der Waals surface area contributed by atoms with E-state index in [9.17, 15) is 4.79 Å². The molecule has 0 aliphatic rings. The first-order valence-electron chi connectivity index (χ1n) is 8.29. The highest BCUT2D eigenvalue weighted by Crippen LogP contribution is 2.29. The van der Waals surface area contributed by atoms with Gasteiger partial charge in [-0.15, -0.1) is 0 Å². The lowest BCUT2D eigenvalue weighted by atomic mass is 10.2. The Morgan fingerprint density at radius 2 is 1.70 bits per heavy atom.